The maximum atomic E-state index is 12.8. The summed E-state index contributed by atoms with van der Waals surface area (Å²) in [6, 6.07) is 14.5. The molecule has 0 bridgehead atoms. The Morgan fingerprint density at radius 3 is 2.54 bits per heavy atom. The van der Waals surface area contributed by atoms with Gasteiger partial charge in [-0.1, -0.05) is 12.1 Å². The van der Waals surface area contributed by atoms with Gasteiger partial charge in [0, 0.05) is 38.4 Å². The number of anilines is 1. The van der Waals surface area contributed by atoms with Crippen LogP contribution in [0.15, 0.2) is 48.5 Å². The molecule has 150 valence electrons. The van der Waals surface area contributed by atoms with Crippen LogP contribution in [-0.2, 0) is 0 Å². The zero-order valence-electron chi connectivity index (χ0n) is 16.4. The Kier molecular flexibility index (Phi) is 7.12. The maximum absolute atomic E-state index is 12.8. The molecule has 1 heterocycles. The van der Waals surface area contributed by atoms with E-state index in [-0.39, 0.29) is 11.8 Å². The summed E-state index contributed by atoms with van der Waals surface area (Å²) < 4.78 is 18.4. The molecule has 28 heavy (non-hydrogen) atoms. The van der Waals surface area contributed by atoms with E-state index in [2.05, 4.69) is 41.4 Å². The summed E-state index contributed by atoms with van der Waals surface area (Å²) in [5.41, 5.74) is 2.47. The van der Waals surface area contributed by atoms with E-state index in [0.717, 1.165) is 39.0 Å². The first-order valence-electron chi connectivity index (χ1n) is 9.84. The molecule has 2 amide bonds. The minimum atomic E-state index is -0.269. The van der Waals surface area contributed by atoms with E-state index in [1.54, 1.807) is 12.1 Å². The van der Waals surface area contributed by atoms with E-state index in [4.69, 9.17) is 4.74 Å². The molecule has 2 aromatic rings. The van der Waals surface area contributed by atoms with Gasteiger partial charge in [-0.05, 0) is 61.7 Å². The first-order valence-corrected chi connectivity index (χ1v) is 9.84. The van der Waals surface area contributed by atoms with Crippen LogP contribution in [0.5, 0.6) is 5.75 Å². The number of rotatable bonds is 7. The number of nitrogens with zero attached hydrogens (tertiary/aromatic N) is 2. The fourth-order valence-corrected chi connectivity index (χ4v) is 3.25. The van der Waals surface area contributed by atoms with Gasteiger partial charge in [0.05, 0.1) is 6.61 Å². The fourth-order valence-electron chi connectivity index (χ4n) is 3.25. The first kappa shape index (κ1) is 20.0. The van der Waals surface area contributed by atoms with Crippen molar-refractivity contribution < 1.29 is 13.9 Å². The number of carbonyl (C=O) groups is 1. The monoisotopic (exact) mass is 385 g/mol. The van der Waals surface area contributed by atoms with E-state index in [1.165, 1.54) is 23.4 Å². The largest absolute Gasteiger partial charge is 0.494 e. The van der Waals surface area contributed by atoms with E-state index in [1.807, 2.05) is 4.90 Å². The molecule has 6 heteroatoms. The van der Waals surface area contributed by atoms with Crippen LogP contribution in [0, 0.1) is 12.7 Å². The predicted octanol–water partition coefficient (Wildman–Crippen LogP) is 3.82. The van der Waals surface area contributed by atoms with Crippen LogP contribution in [0.1, 0.15) is 18.4 Å². The number of ether oxygens (including phenoxy) is 1. The molecule has 0 atom stereocenters. The summed E-state index contributed by atoms with van der Waals surface area (Å²) in [5.74, 6) is 0.395. The number of hydrogen-bond acceptors (Lipinski definition) is 3. The quantitative estimate of drug-likeness (QED) is 0.737. The Bertz CT molecular complexity index is 759. The van der Waals surface area contributed by atoms with Crippen LogP contribution in [0.2, 0.25) is 0 Å². The highest BCUT2D eigenvalue weighted by Gasteiger charge is 2.20. The van der Waals surface area contributed by atoms with Crippen molar-refractivity contribution in [2.45, 2.75) is 19.8 Å². The van der Waals surface area contributed by atoms with E-state index >= 15 is 0 Å². The zero-order chi connectivity index (χ0) is 19.8. The van der Waals surface area contributed by atoms with E-state index in [0.29, 0.717) is 18.9 Å². The molecule has 0 spiro atoms. The van der Waals surface area contributed by atoms with Crippen LogP contribution in [-0.4, -0.2) is 50.3 Å². The van der Waals surface area contributed by atoms with Gasteiger partial charge in [-0.15, -0.1) is 0 Å². The molecule has 1 saturated heterocycles. The highest BCUT2D eigenvalue weighted by atomic mass is 19.1. The number of carbonyl (C=O) groups excluding carboxylic acids is 1. The zero-order valence-corrected chi connectivity index (χ0v) is 16.4. The van der Waals surface area contributed by atoms with Crippen LogP contribution in [0.4, 0.5) is 14.9 Å². The minimum absolute atomic E-state index is 0.00310. The highest BCUT2D eigenvalue weighted by molar-refractivity contribution is 5.74. The molecule has 0 saturated carbocycles. The Morgan fingerprint density at radius 1 is 1.07 bits per heavy atom. The number of aryl methyl sites for hydroxylation is 1. The summed E-state index contributed by atoms with van der Waals surface area (Å²) in [4.78, 5) is 16.5. The first-order chi connectivity index (χ1) is 13.6. The average molecular weight is 385 g/mol. The second kappa shape index (κ2) is 9.97. The van der Waals surface area contributed by atoms with Crippen molar-refractivity contribution >= 4 is 11.7 Å². The Morgan fingerprint density at radius 2 is 1.82 bits per heavy atom. The second-order valence-corrected chi connectivity index (χ2v) is 7.05. The predicted molar refractivity (Wildman–Crippen MR) is 109 cm³/mol. The number of piperazine rings is 1. The lowest BCUT2D eigenvalue weighted by Crippen LogP contribution is -2.52. The summed E-state index contributed by atoms with van der Waals surface area (Å²) in [6.45, 7) is 6.43. The van der Waals surface area contributed by atoms with Gasteiger partial charge in [-0.25, -0.2) is 9.18 Å². The Hall–Kier alpha value is -2.76. The molecule has 2 aromatic carbocycles. The minimum Gasteiger partial charge on any atom is -0.494 e. The van der Waals surface area contributed by atoms with Crippen molar-refractivity contribution in [2.75, 3.05) is 44.2 Å². The van der Waals surface area contributed by atoms with Crippen LogP contribution in [0.25, 0.3) is 0 Å². The van der Waals surface area contributed by atoms with Crippen LogP contribution in [0.3, 0.4) is 0 Å². The van der Waals surface area contributed by atoms with Gasteiger partial charge >= 0.3 is 6.03 Å². The van der Waals surface area contributed by atoms with Gasteiger partial charge in [0.25, 0.3) is 0 Å². The standard InChI is InChI=1S/C22H28FN3O2/c1-18-5-4-6-20(17-18)25-12-14-26(15-13-25)22(27)24-11-2-3-16-28-21-9-7-19(23)8-10-21/h4-10,17H,2-3,11-16H2,1H3,(H,24,27). The molecule has 0 unspecified atom stereocenters. The number of hydrogen-bond donors (Lipinski definition) is 1. The molecule has 5 nitrogen and oxygen atoms in total. The molecule has 1 N–H and O–H groups in total. The third kappa shape index (κ3) is 5.87. The number of halogens is 1. The summed E-state index contributed by atoms with van der Waals surface area (Å²) in [7, 11) is 0. The Balaban J connectivity index is 1.29. The van der Waals surface area contributed by atoms with Gasteiger partial charge in [-0.2, -0.15) is 0 Å². The number of urea groups is 1. The van der Waals surface area contributed by atoms with E-state index in [9.17, 15) is 9.18 Å². The number of unbranched alkanes of at least 4 members (excludes halogenated alkanes) is 1. The SMILES string of the molecule is Cc1cccc(N2CCN(C(=O)NCCCCOc3ccc(F)cc3)CC2)c1. The lowest BCUT2D eigenvalue weighted by Gasteiger charge is -2.36. The summed E-state index contributed by atoms with van der Waals surface area (Å²) in [6.07, 6.45) is 1.68. The molecule has 1 aliphatic heterocycles. The number of amides is 2. The van der Waals surface area contributed by atoms with Crippen molar-refractivity contribution in [3.05, 3.63) is 59.9 Å². The van der Waals surface area contributed by atoms with E-state index < -0.39 is 0 Å². The molecule has 0 aromatic heterocycles. The lowest BCUT2D eigenvalue weighted by atomic mass is 10.2. The van der Waals surface area contributed by atoms with Crippen molar-refractivity contribution in [1.82, 2.24) is 10.2 Å². The molecule has 0 radical (unpaired) electrons. The second-order valence-electron chi connectivity index (χ2n) is 7.05. The topological polar surface area (TPSA) is 44.8 Å². The third-order valence-electron chi connectivity index (χ3n) is 4.86. The van der Waals surface area contributed by atoms with Gasteiger partial charge in [0.1, 0.15) is 11.6 Å². The normalized spacial score (nSPS) is 14.1. The summed E-state index contributed by atoms with van der Waals surface area (Å²) >= 11 is 0. The maximum Gasteiger partial charge on any atom is 0.317 e. The average Bonchev–Trinajstić information content (AvgIpc) is 2.72. The van der Waals surface area contributed by atoms with Crippen LogP contribution >= 0.6 is 0 Å². The Labute approximate surface area is 166 Å². The van der Waals surface area contributed by atoms with Crippen LogP contribution < -0.4 is 15.0 Å². The summed E-state index contributed by atoms with van der Waals surface area (Å²) in [5, 5.41) is 2.99. The smallest absolute Gasteiger partial charge is 0.317 e. The molecular weight excluding hydrogens is 357 g/mol. The third-order valence-corrected chi connectivity index (χ3v) is 4.86. The molecular formula is C22H28FN3O2. The van der Waals surface area contributed by atoms with Crippen molar-refractivity contribution in [2.24, 2.45) is 0 Å². The van der Waals surface area contributed by atoms with Gasteiger partial charge in [-0.3, -0.25) is 0 Å². The molecule has 3 rings (SSSR count). The van der Waals surface area contributed by atoms with Crippen molar-refractivity contribution in [3.8, 4) is 5.75 Å². The van der Waals surface area contributed by atoms with Crippen molar-refractivity contribution in [1.29, 1.82) is 0 Å². The van der Waals surface area contributed by atoms with Gasteiger partial charge in [0.15, 0.2) is 0 Å². The lowest BCUT2D eigenvalue weighted by molar-refractivity contribution is 0.194. The van der Waals surface area contributed by atoms with Gasteiger partial charge in [0.2, 0.25) is 0 Å². The molecule has 0 aliphatic carbocycles. The number of nitrogens with one attached hydrogen (secondary N) is 1. The van der Waals surface area contributed by atoms with Gasteiger partial charge < -0.3 is 19.9 Å². The molecule has 1 fully saturated rings. The molecule has 1 aliphatic rings. The fraction of sp³-hybridized carbons (Fsp3) is 0.409. The number of benzene rings is 2. The van der Waals surface area contributed by atoms with Crippen molar-refractivity contribution in [3.63, 3.8) is 0 Å². The highest BCUT2D eigenvalue weighted by Crippen LogP contribution is 2.17.